The molecule has 0 amide bonds. The van der Waals surface area contributed by atoms with E-state index in [2.05, 4.69) is 61.5 Å². The average molecular weight is 759 g/mol. The molecule has 0 bridgehead atoms. The highest BCUT2D eigenvalue weighted by molar-refractivity contribution is 5.84. The largest absolute Gasteiger partial charge is 0.477 e. The van der Waals surface area contributed by atoms with Crippen molar-refractivity contribution < 1.29 is 38.7 Å². The Bertz CT molecular complexity index is 2440. The lowest BCUT2D eigenvalue weighted by atomic mass is 9.76. The summed E-state index contributed by atoms with van der Waals surface area (Å²) in [5.74, 6) is -5.84. The van der Waals surface area contributed by atoms with E-state index in [-0.39, 0.29) is 26.4 Å². The molecular weight excluding hydrogens is 717 g/mol. The maximum atomic E-state index is 12.3. The van der Waals surface area contributed by atoms with Gasteiger partial charge in [-0.3, -0.25) is 0 Å². The zero-order chi connectivity index (χ0) is 39.4. The standard InChI is InChI=1S/C26H24O4.C23H18O4/c1-3-18-7-6-9-21-20-8-4-5-10-22(20)25(23(18)21)15-29-26(24(27)28,30-16-25)19-13-11-17(2)12-14-19;24-21(25)23(16-8-2-1-3-9-16)26-14-22(15-27-23)19-12-6-4-10-17(19)18-11-5-7-13-20(18)22/h4-14H,3,15-16H2,1-2H3,(H,27,28);1-13H,14-15H2,(H,24,25). The Morgan fingerprint density at radius 3 is 1.39 bits per heavy atom. The topological polar surface area (TPSA) is 112 Å². The van der Waals surface area contributed by atoms with Crippen LogP contribution < -0.4 is 0 Å². The second kappa shape index (κ2) is 13.9. The van der Waals surface area contributed by atoms with E-state index in [1.165, 1.54) is 22.3 Å². The molecular formula is C49H42O8. The Labute approximate surface area is 331 Å². The van der Waals surface area contributed by atoms with Crippen LogP contribution in [0.25, 0.3) is 22.3 Å². The second-order valence-electron chi connectivity index (χ2n) is 15.2. The smallest absolute Gasteiger partial charge is 0.369 e. The predicted molar refractivity (Wildman–Crippen MR) is 215 cm³/mol. The van der Waals surface area contributed by atoms with Crippen molar-refractivity contribution >= 4 is 11.9 Å². The first kappa shape index (κ1) is 36.7. The molecule has 0 saturated carbocycles. The first-order valence-corrected chi connectivity index (χ1v) is 19.3. The third kappa shape index (κ3) is 5.51. The Hall–Kier alpha value is -5.90. The summed E-state index contributed by atoms with van der Waals surface area (Å²) in [5, 5.41) is 20.0. The molecule has 6 aromatic rings. The Balaban J connectivity index is 0.000000149. The number of carboxylic acid groups (broad SMARTS) is 2. The molecule has 0 atom stereocenters. The van der Waals surface area contributed by atoms with Gasteiger partial charge in [-0.15, -0.1) is 0 Å². The molecule has 2 aliphatic carbocycles. The molecule has 2 N–H and O–H groups in total. The molecule has 2 spiro atoms. The summed E-state index contributed by atoms with van der Waals surface area (Å²) in [4.78, 5) is 24.5. The number of carboxylic acids is 2. The highest BCUT2D eigenvalue weighted by atomic mass is 16.7. The number of carbonyl (C=O) groups is 2. The SMILES string of the molecule is CCc1cccc2c1C1(COC(C(=O)O)(c3ccc(C)cc3)OC1)c1ccccc1-2.O=C(O)C1(c2ccccc2)OCC2(CO1)c1ccccc1-c1ccccc12. The Morgan fingerprint density at radius 1 is 0.491 bits per heavy atom. The molecule has 286 valence electrons. The molecule has 8 nitrogen and oxygen atoms in total. The minimum atomic E-state index is -1.79. The van der Waals surface area contributed by atoms with Gasteiger partial charge in [-0.05, 0) is 63.4 Å². The maximum Gasteiger partial charge on any atom is 0.369 e. The van der Waals surface area contributed by atoms with E-state index >= 15 is 0 Å². The van der Waals surface area contributed by atoms with Crippen LogP contribution in [0.4, 0.5) is 0 Å². The lowest BCUT2D eigenvalue weighted by Crippen LogP contribution is -2.54. The third-order valence-electron chi connectivity index (χ3n) is 12.2. The molecule has 4 aliphatic rings. The lowest BCUT2D eigenvalue weighted by Gasteiger charge is -2.44. The van der Waals surface area contributed by atoms with Gasteiger partial charge in [-0.25, -0.2) is 9.59 Å². The van der Waals surface area contributed by atoms with Crippen molar-refractivity contribution in [2.75, 3.05) is 26.4 Å². The summed E-state index contributed by atoms with van der Waals surface area (Å²) in [6.45, 7) is 5.07. The number of hydrogen-bond donors (Lipinski definition) is 2. The molecule has 2 heterocycles. The fourth-order valence-electron chi connectivity index (χ4n) is 9.30. The van der Waals surface area contributed by atoms with Crippen LogP contribution in [0.5, 0.6) is 0 Å². The lowest BCUT2D eigenvalue weighted by molar-refractivity contribution is -0.287. The van der Waals surface area contributed by atoms with Crippen LogP contribution in [0.2, 0.25) is 0 Å². The molecule has 0 unspecified atom stereocenters. The van der Waals surface area contributed by atoms with E-state index in [1.807, 2.05) is 61.5 Å². The van der Waals surface area contributed by atoms with Gasteiger partial charge in [0.1, 0.15) is 0 Å². The van der Waals surface area contributed by atoms with E-state index in [9.17, 15) is 19.8 Å². The Kier molecular flexibility index (Phi) is 8.98. The fraction of sp³-hybridized carbons (Fsp3) is 0.224. The molecule has 0 aromatic heterocycles. The molecule has 10 rings (SSSR count). The number of ether oxygens (including phenoxy) is 4. The van der Waals surface area contributed by atoms with Crippen molar-refractivity contribution in [3.63, 3.8) is 0 Å². The molecule has 2 saturated heterocycles. The van der Waals surface area contributed by atoms with E-state index in [1.54, 1.807) is 36.4 Å². The zero-order valence-electron chi connectivity index (χ0n) is 31.7. The number of rotatable bonds is 5. The van der Waals surface area contributed by atoms with Gasteiger partial charge in [-0.1, -0.05) is 158 Å². The van der Waals surface area contributed by atoms with Gasteiger partial charge in [-0.2, -0.15) is 0 Å². The summed E-state index contributed by atoms with van der Waals surface area (Å²) in [6, 6.07) is 47.3. The monoisotopic (exact) mass is 758 g/mol. The number of hydrogen-bond acceptors (Lipinski definition) is 6. The molecule has 57 heavy (non-hydrogen) atoms. The van der Waals surface area contributed by atoms with Crippen LogP contribution in [-0.4, -0.2) is 48.6 Å². The number of fused-ring (bicyclic) bond motifs is 10. The third-order valence-corrected chi connectivity index (χ3v) is 12.2. The normalized spacial score (nSPS) is 20.0. The second-order valence-corrected chi connectivity index (χ2v) is 15.2. The van der Waals surface area contributed by atoms with Crippen molar-refractivity contribution in [1.29, 1.82) is 0 Å². The number of aryl methyl sites for hydroxylation is 2. The summed E-state index contributed by atoms with van der Waals surface area (Å²) in [7, 11) is 0. The number of aliphatic carboxylic acids is 2. The average Bonchev–Trinajstić information content (AvgIpc) is 3.69. The summed E-state index contributed by atoms with van der Waals surface area (Å²) in [6.07, 6.45) is 0.890. The molecule has 8 heteroatoms. The van der Waals surface area contributed by atoms with Gasteiger partial charge in [0.25, 0.3) is 11.6 Å². The van der Waals surface area contributed by atoms with Gasteiger partial charge in [0, 0.05) is 11.1 Å². The highest BCUT2D eigenvalue weighted by Gasteiger charge is 2.57. The van der Waals surface area contributed by atoms with E-state index in [0.29, 0.717) is 11.1 Å². The first-order valence-electron chi connectivity index (χ1n) is 19.3. The van der Waals surface area contributed by atoms with E-state index in [4.69, 9.17) is 18.9 Å². The number of benzene rings is 6. The summed E-state index contributed by atoms with van der Waals surface area (Å²) in [5.41, 5.74) is 11.6. The Morgan fingerprint density at radius 2 is 0.895 bits per heavy atom. The molecule has 0 radical (unpaired) electrons. The quantitative estimate of drug-likeness (QED) is 0.180. The summed E-state index contributed by atoms with van der Waals surface area (Å²) < 4.78 is 24.4. The van der Waals surface area contributed by atoms with Crippen LogP contribution in [0, 0.1) is 6.92 Å². The van der Waals surface area contributed by atoms with Gasteiger partial charge >= 0.3 is 11.9 Å². The summed E-state index contributed by atoms with van der Waals surface area (Å²) >= 11 is 0. The predicted octanol–water partition coefficient (Wildman–Crippen LogP) is 8.75. The van der Waals surface area contributed by atoms with E-state index in [0.717, 1.165) is 39.8 Å². The van der Waals surface area contributed by atoms with Crippen molar-refractivity contribution in [3.05, 3.63) is 190 Å². The molecule has 2 fully saturated rings. The van der Waals surface area contributed by atoms with Gasteiger partial charge in [0.15, 0.2) is 0 Å². The van der Waals surface area contributed by atoms with Crippen LogP contribution in [0.15, 0.2) is 146 Å². The first-order chi connectivity index (χ1) is 27.7. The van der Waals surface area contributed by atoms with Crippen LogP contribution in [0.1, 0.15) is 51.4 Å². The van der Waals surface area contributed by atoms with Crippen molar-refractivity contribution in [2.24, 2.45) is 0 Å². The molecule has 6 aromatic carbocycles. The van der Waals surface area contributed by atoms with Crippen molar-refractivity contribution in [3.8, 4) is 22.3 Å². The maximum absolute atomic E-state index is 12.3. The highest BCUT2D eigenvalue weighted by Crippen LogP contribution is 2.55. The van der Waals surface area contributed by atoms with Crippen LogP contribution >= 0.6 is 0 Å². The fourth-order valence-corrected chi connectivity index (χ4v) is 9.30. The van der Waals surface area contributed by atoms with Crippen LogP contribution in [0.3, 0.4) is 0 Å². The van der Waals surface area contributed by atoms with Crippen molar-refractivity contribution in [1.82, 2.24) is 0 Å². The van der Waals surface area contributed by atoms with E-state index < -0.39 is 34.3 Å². The zero-order valence-corrected chi connectivity index (χ0v) is 31.7. The van der Waals surface area contributed by atoms with Gasteiger partial charge in [0.2, 0.25) is 0 Å². The van der Waals surface area contributed by atoms with Crippen molar-refractivity contribution in [2.45, 2.75) is 42.7 Å². The minimum absolute atomic E-state index is 0.238. The van der Waals surface area contributed by atoms with Gasteiger partial charge < -0.3 is 29.2 Å². The van der Waals surface area contributed by atoms with Gasteiger partial charge in [0.05, 0.1) is 37.3 Å². The minimum Gasteiger partial charge on any atom is -0.477 e. The van der Waals surface area contributed by atoms with Crippen LogP contribution in [-0.2, 0) is 57.4 Å². The molecule has 2 aliphatic heterocycles.